The fourth-order valence-corrected chi connectivity index (χ4v) is 6.02. The van der Waals surface area contributed by atoms with Gasteiger partial charge in [-0.3, -0.25) is 4.79 Å². The van der Waals surface area contributed by atoms with Crippen molar-refractivity contribution in [3.63, 3.8) is 0 Å². The summed E-state index contributed by atoms with van der Waals surface area (Å²) in [6.45, 7) is 1.56. The van der Waals surface area contributed by atoms with Gasteiger partial charge in [0.2, 0.25) is 5.91 Å². The SMILES string of the molecule is O=C(O)C1COCCN1C(=O)Cc1ccc(S(=O)(=O)N2CCCC2)s1. The summed E-state index contributed by atoms with van der Waals surface area (Å²) in [6, 6.07) is 2.16. The average molecular weight is 388 g/mol. The Morgan fingerprint density at radius 3 is 2.64 bits per heavy atom. The Morgan fingerprint density at radius 1 is 1.24 bits per heavy atom. The standard InChI is InChI=1S/C15H20N2O6S2/c18-13(17-7-8-23-10-12(17)15(19)20)9-11-3-4-14(24-11)25(21,22)16-5-1-2-6-16/h3-4,12H,1-2,5-10H2,(H,19,20). The van der Waals surface area contributed by atoms with Crippen molar-refractivity contribution in [2.24, 2.45) is 0 Å². The molecule has 8 nitrogen and oxygen atoms in total. The molecule has 1 atom stereocenters. The van der Waals surface area contributed by atoms with Gasteiger partial charge in [0.15, 0.2) is 6.04 Å². The topological polar surface area (TPSA) is 104 Å². The third kappa shape index (κ3) is 3.86. The molecule has 138 valence electrons. The molecule has 0 spiro atoms. The van der Waals surface area contributed by atoms with E-state index in [-0.39, 0.29) is 29.7 Å². The molecule has 0 saturated carbocycles. The first-order chi connectivity index (χ1) is 11.9. The number of hydrogen-bond acceptors (Lipinski definition) is 6. The smallest absolute Gasteiger partial charge is 0.328 e. The minimum Gasteiger partial charge on any atom is -0.480 e. The molecule has 2 aliphatic heterocycles. The molecule has 2 saturated heterocycles. The van der Waals surface area contributed by atoms with Gasteiger partial charge in [-0.1, -0.05) is 0 Å². The first-order valence-corrected chi connectivity index (χ1v) is 10.3. The van der Waals surface area contributed by atoms with Crippen LogP contribution < -0.4 is 0 Å². The van der Waals surface area contributed by atoms with Gasteiger partial charge in [0.25, 0.3) is 10.0 Å². The Balaban J connectivity index is 1.70. The summed E-state index contributed by atoms with van der Waals surface area (Å²) in [7, 11) is -3.49. The highest BCUT2D eigenvalue weighted by molar-refractivity contribution is 7.91. The zero-order chi connectivity index (χ0) is 18.0. The summed E-state index contributed by atoms with van der Waals surface area (Å²) < 4.78 is 31.9. The molecule has 2 fully saturated rings. The number of morpholine rings is 1. The minimum atomic E-state index is -3.49. The van der Waals surface area contributed by atoms with Crippen LogP contribution in [0.5, 0.6) is 0 Å². The number of amides is 1. The van der Waals surface area contributed by atoms with E-state index in [4.69, 9.17) is 4.74 Å². The third-order valence-electron chi connectivity index (χ3n) is 4.36. The molecule has 1 aromatic rings. The minimum absolute atomic E-state index is 0.00995. The van der Waals surface area contributed by atoms with Crippen LogP contribution >= 0.6 is 11.3 Å². The summed E-state index contributed by atoms with van der Waals surface area (Å²) in [5, 5.41) is 9.20. The molecule has 10 heteroatoms. The predicted molar refractivity (Wildman–Crippen MR) is 90.0 cm³/mol. The zero-order valence-electron chi connectivity index (χ0n) is 13.6. The van der Waals surface area contributed by atoms with E-state index in [1.54, 1.807) is 6.07 Å². The van der Waals surface area contributed by atoms with Crippen LogP contribution in [0.4, 0.5) is 0 Å². The molecule has 0 bridgehead atoms. The van der Waals surface area contributed by atoms with Gasteiger partial charge >= 0.3 is 5.97 Å². The lowest BCUT2D eigenvalue weighted by atomic mass is 10.2. The maximum absolute atomic E-state index is 12.5. The Labute approximate surface area is 150 Å². The predicted octanol–water partition coefficient (Wildman–Crippen LogP) is 0.387. The van der Waals surface area contributed by atoms with Crippen molar-refractivity contribution < 1.29 is 27.9 Å². The molecule has 1 unspecified atom stereocenters. The van der Waals surface area contributed by atoms with Gasteiger partial charge in [0, 0.05) is 24.5 Å². The Bertz CT molecular complexity index is 754. The second kappa shape index (κ2) is 7.40. The van der Waals surface area contributed by atoms with E-state index in [1.165, 1.54) is 15.3 Å². The molecule has 0 aromatic carbocycles. The Kier molecular flexibility index (Phi) is 5.42. The number of hydrogen-bond donors (Lipinski definition) is 1. The maximum Gasteiger partial charge on any atom is 0.328 e. The van der Waals surface area contributed by atoms with Gasteiger partial charge in [-0.2, -0.15) is 4.31 Å². The van der Waals surface area contributed by atoms with Gasteiger partial charge < -0.3 is 14.7 Å². The lowest BCUT2D eigenvalue weighted by molar-refractivity contribution is -0.157. The molecule has 1 aromatic heterocycles. The van der Waals surface area contributed by atoms with E-state index >= 15 is 0 Å². The number of sulfonamides is 1. The summed E-state index contributed by atoms with van der Waals surface area (Å²) in [5.41, 5.74) is 0. The van der Waals surface area contributed by atoms with Crippen molar-refractivity contribution in [1.29, 1.82) is 0 Å². The van der Waals surface area contributed by atoms with Crippen molar-refractivity contribution >= 4 is 33.2 Å². The number of nitrogens with zero attached hydrogens (tertiary/aromatic N) is 2. The zero-order valence-corrected chi connectivity index (χ0v) is 15.2. The molecule has 25 heavy (non-hydrogen) atoms. The average Bonchev–Trinajstić information content (AvgIpc) is 3.27. The molecule has 1 amide bonds. The number of thiophene rings is 1. The number of aliphatic carboxylic acids is 1. The second-order valence-corrected chi connectivity index (χ2v) is 9.36. The molecule has 0 radical (unpaired) electrons. The monoisotopic (exact) mass is 388 g/mol. The number of carboxylic acid groups (broad SMARTS) is 1. The van der Waals surface area contributed by atoms with Crippen molar-refractivity contribution in [3.05, 3.63) is 17.0 Å². The highest BCUT2D eigenvalue weighted by Crippen LogP contribution is 2.28. The summed E-state index contributed by atoms with van der Waals surface area (Å²) in [5.74, 6) is -1.43. The summed E-state index contributed by atoms with van der Waals surface area (Å²) >= 11 is 1.07. The van der Waals surface area contributed by atoms with Crippen LogP contribution in [0.15, 0.2) is 16.3 Å². The van der Waals surface area contributed by atoms with Gasteiger partial charge in [-0.05, 0) is 25.0 Å². The van der Waals surface area contributed by atoms with Crippen LogP contribution in [-0.4, -0.2) is 73.5 Å². The van der Waals surface area contributed by atoms with E-state index in [0.717, 1.165) is 24.2 Å². The van der Waals surface area contributed by atoms with Gasteiger partial charge in [0.1, 0.15) is 4.21 Å². The van der Waals surface area contributed by atoms with E-state index in [2.05, 4.69) is 0 Å². The fraction of sp³-hybridized carbons (Fsp3) is 0.600. The van der Waals surface area contributed by atoms with Crippen molar-refractivity contribution in [3.8, 4) is 0 Å². The van der Waals surface area contributed by atoms with Gasteiger partial charge in [-0.25, -0.2) is 13.2 Å². The largest absolute Gasteiger partial charge is 0.480 e. The summed E-state index contributed by atoms with van der Waals surface area (Å²) in [4.78, 5) is 25.6. The molecule has 0 aliphatic carbocycles. The molecular formula is C15H20N2O6S2. The first-order valence-electron chi connectivity index (χ1n) is 8.08. The number of ether oxygens (including phenoxy) is 1. The van der Waals surface area contributed by atoms with E-state index in [1.807, 2.05) is 0 Å². The Hall–Kier alpha value is -1.49. The van der Waals surface area contributed by atoms with E-state index < -0.39 is 22.0 Å². The van der Waals surface area contributed by atoms with Crippen LogP contribution in [-0.2, 0) is 30.8 Å². The lowest BCUT2D eigenvalue weighted by Gasteiger charge is -2.32. The molecule has 3 rings (SSSR count). The van der Waals surface area contributed by atoms with Gasteiger partial charge in [-0.15, -0.1) is 11.3 Å². The van der Waals surface area contributed by atoms with Crippen LogP contribution in [0.2, 0.25) is 0 Å². The van der Waals surface area contributed by atoms with Crippen LogP contribution in [0.1, 0.15) is 17.7 Å². The number of carbonyl (C=O) groups excluding carboxylic acids is 1. The fourth-order valence-electron chi connectivity index (χ4n) is 3.00. The molecule has 3 heterocycles. The first kappa shape index (κ1) is 18.3. The highest BCUT2D eigenvalue weighted by atomic mass is 32.2. The highest BCUT2D eigenvalue weighted by Gasteiger charge is 2.33. The lowest BCUT2D eigenvalue weighted by Crippen LogP contribution is -2.53. The normalized spacial score (nSPS) is 22.2. The third-order valence-corrected chi connectivity index (χ3v) is 7.81. The quantitative estimate of drug-likeness (QED) is 0.782. The van der Waals surface area contributed by atoms with Crippen LogP contribution in [0.3, 0.4) is 0 Å². The maximum atomic E-state index is 12.5. The van der Waals surface area contributed by atoms with Gasteiger partial charge in [0.05, 0.1) is 19.6 Å². The molecule has 1 N–H and O–H groups in total. The number of carboxylic acids is 1. The van der Waals surface area contributed by atoms with Crippen molar-refractivity contribution in [2.45, 2.75) is 29.5 Å². The van der Waals surface area contributed by atoms with Crippen LogP contribution in [0, 0.1) is 0 Å². The summed E-state index contributed by atoms with van der Waals surface area (Å²) in [6.07, 6.45) is 1.72. The second-order valence-electron chi connectivity index (χ2n) is 6.02. The molecule has 2 aliphatic rings. The van der Waals surface area contributed by atoms with Crippen molar-refractivity contribution in [2.75, 3.05) is 32.8 Å². The number of carbonyl (C=O) groups is 2. The van der Waals surface area contributed by atoms with E-state index in [0.29, 0.717) is 24.6 Å². The van der Waals surface area contributed by atoms with Crippen LogP contribution in [0.25, 0.3) is 0 Å². The number of rotatable bonds is 5. The Morgan fingerprint density at radius 2 is 1.96 bits per heavy atom. The van der Waals surface area contributed by atoms with Crippen molar-refractivity contribution in [1.82, 2.24) is 9.21 Å². The molecular weight excluding hydrogens is 368 g/mol. The van der Waals surface area contributed by atoms with E-state index in [9.17, 15) is 23.1 Å².